The monoisotopic (exact) mass is 562 g/mol. The minimum atomic E-state index is -1.19. The van der Waals surface area contributed by atoms with Gasteiger partial charge in [-0.15, -0.1) is 0 Å². The molecule has 0 saturated carbocycles. The van der Waals surface area contributed by atoms with Gasteiger partial charge in [0, 0.05) is 13.0 Å². The zero-order valence-corrected chi connectivity index (χ0v) is 24.9. The van der Waals surface area contributed by atoms with E-state index < -0.39 is 47.5 Å². The number of ether oxygens (including phenoxy) is 2. The maximum absolute atomic E-state index is 14.2. The van der Waals surface area contributed by atoms with Gasteiger partial charge in [-0.3, -0.25) is 19.2 Å². The molecule has 0 aliphatic carbocycles. The lowest BCUT2D eigenvalue weighted by Gasteiger charge is -2.35. The molecular weight excluding hydrogens is 516 g/mol. The highest BCUT2D eigenvalue weighted by Crippen LogP contribution is 2.29. The number of esters is 1. The predicted octanol–water partition coefficient (Wildman–Crippen LogP) is 3.20. The van der Waals surface area contributed by atoms with Gasteiger partial charge in [-0.2, -0.15) is 0 Å². The van der Waals surface area contributed by atoms with Crippen molar-refractivity contribution in [3.8, 4) is 0 Å². The fraction of sp³-hybridized carbons (Fsp3) is 0.621. The number of aryl methyl sites for hydroxylation is 2. The Morgan fingerprint density at radius 1 is 1.02 bits per heavy atom. The minimum absolute atomic E-state index is 0.0812. The molecule has 2 atom stereocenters. The number of nitrogens with two attached hydrogens (primary N) is 1. The zero-order chi connectivity index (χ0) is 30.5. The molecule has 0 aliphatic heterocycles. The van der Waals surface area contributed by atoms with E-state index in [0.29, 0.717) is 12.0 Å². The minimum Gasteiger partial charge on any atom is -0.468 e. The molecule has 1 rings (SSSR count). The second-order valence-electron chi connectivity index (χ2n) is 10.8. The number of nitrogens with one attached hydrogen (secondary N) is 2. The number of hydrogen-bond donors (Lipinski definition) is 3. The molecule has 40 heavy (non-hydrogen) atoms. The molecule has 1 aromatic carbocycles. The van der Waals surface area contributed by atoms with Crippen LogP contribution < -0.4 is 16.4 Å². The summed E-state index contributed by atoms with van der Waals surface area (Å²) in [4.78, 5) is 65.4. The third kappa shape index (κ3) is 11.6. The maximum Gasteiger partial charge on any atom is 0.408 e. The molecule has 0 heterocycles. The molecule has 0 aliphatic rings. The molecule has 4 amide bonds. The number of carbonyl (C=O) groups excluding carboxylic acids is 5. The van der Waals surface area contributed by atoms with Crippen molar-refractivity contribution in [2.45, 2.75) is 97.8 Å². The van der Waals surface area contributed by atoms with Crippen LogP contribution in [0.25, 0.3) is 0 Å². The van der Waals surface area contributed by atoms with Crippen LogP contribution in [0.1, 0.15) is 89.0 Å². The largest absolute Gasteiger partial charge is 0.468 e. The van der Waals surface area contributed by atoms with Crippen molar-refractivity contribution in [3.05, 3.63) is 34.9 Å². The summed E-state index contributed by atoms with van der Waals surface area (Å²) in [6.07, 6.45) is 2.23. The van der Waals surface area contributed by atoms with Crippen molar-refractivity contribution < 1.29 is 33.4 Å². The summed E-state index contributed by atoms with van der Waals surface area (Å²) in [5.74, 6) is -2.41. The van der Waals surface area contributed by atoms with Crippen molar-refractivity contribution in [1.29, 1.82) is 0 Å². The van der Waals surface area contributed by atoms with Crippen molar-refractivity contribution in [2.75, 3.05) is 20.2 Å². The van der Waals surface area contributed by atoms with Crippen molar-refractivity contribution >= 4 is 29.8 Å². The average Bonchev–Trinajstić information content (AvgIpc) is 2.86. The average molecular weight is 563 g/mol. The normalized spacial score (nSPS) is 12.6. The van der Waals surface area contributed by atoms with Gasteiger partial charge in [0.25, 0.3) is 0 Å². The van der Waals surface area contributed by atoms with Crippen LogP contribution in [0.5, 0.6) is 0 Å². The van der Waals surface area contributed by atoms with Gasteiger partial charge in [0.2, 0.25) is 17.7 Å². The van der Waals surface area contributed by atoms with Gasteiger partial charge in [-0.1, -0.05) is 44.4 Å². The maximum atomic E-state index is 14.2. The van der Waals surface area contributed by atoms with Gasteiger partial charge in [0.05, 0.1) is 7.11 Å². The number of hydrogen-bond acceptors (Lipinski definition) is 7. The molecule has 11 nitrogen and oxygen atoms in total. The van der Waals surface area contributed by atoms with E-state index in [-0.39, 0.29) is 25.9 Å². The van der Waals surface area contributed by atoms with Gasteiger partial charge in [-0.25, -0.2) is 4.79 Å². The van der Waals surface area contributed by atoms with Crippen LogP contribution in [-0.4, -0.2) is 66.5 Å². The first-order valence-corrected chi connectivity index (χ1v) is 13.7. The second-order valence-corrected chi connectivity index (χ2v) is 10.8. The SMILES string of the molecule is CCCCCCN(C(=O)C(CCC(N)=O)NC(=O)OC(C)(C)C)C(C(=O)NCC(=O)OC)c1c(C)cccc1C. The van der Waals surface area contributed by atoms with Crippen LogP contribution in [0.15, 0.2) is 18.2 Å². The number of unbranched alkanes of at least 4 members (excludes halogenated alkanes) is 3. The van der Waals surface area contributed by atoms with E-state index in [4.69, 9.17) is 10.5 Å². The first-order chi connectivity index (χ1) is 18.7. The molecule has 11 heteroatoms. The molecule has 2 unspecified atom stereocenters. The van der Waals surface area contributed by atoms with Crippen molar-refractivity contribution in [2.24, 2.45) is 5.73 Å². The molecule has 0 fully saturated rings. The van der Waals surface area contributed by atoms with E-state index in [1.807, 2.05) is 32.0 Å². The number of nitrogens with zero attached hydrogens (tertiary/aromatic N) is 1. The summed E-state index contributed by atoms with van der Waals surface area (Å²) in [6.45, 7) is 10.6. The highest BCUT2D eigenvalue weighted by atomic mass is 16.6. The highest BCUT2D eigenvalue weighted by Gasteiger charge is 2.37. The Kier molecular flexibility index (Phi) is 14.2. The van der Waals surface area contributed by atoms with E-state index in [1.54, 1.807) is 20.8 Å². The zero-order valence-electron chi connectivity index (χ0n) is 24.9. The van der Waals surface area contributed by atoms with Crippen LogP contribution in [-0.2, 0) is 28.7 Å². The molecule has 0 radical (unpaired) electrons. The lowest BCUT2D eigenvalue weighted by molar-refractivity contribution is -0.145. The summed E-state index contributed by atoms with van der Waals surface area (Å²) in [6, 6.07) is 3.23. The van der Waals surface area contributed by atoms with Crippen LogP contribution in [0.3, 0.4) is 0 Å². The lowest BCUT2D eigenvalue weighted by Crippen LogP contribution is -2.54. The Morgan fingerprint density at radius 2 is 1.65 bits per heavy atom. The molecule has 0 spiro atoms. The number of primary amides is 1. The molecule has 1 aromatic rings. The molecule has 0 bridgehead atoms. The van der Waals surface area contributed by atoms with Crippen LogP contribution in [0, 0.1) is 13.8 Å². The standard InChI is InChI=1S/C29H46N4O7/c1-8-9-10-11-17-33(27(37)21(15-16-22(30)34)32-28(38)40-29(4,5)6)25(26(36)31-18-23(35)39-7)24-19(2)13-12-14-20(24)3/h12-14,21,25H,8-11,15-18H2,1-7H3,(H2,30,34)(H,31,36)(H,32,38). The Hall–Kier alpha value is -3.63. The summed E-state index contributed by atoms with van der Waals surface area (Å²) in [7, 11) is 1.21. The number of alkyl carbamates (subject to hydrolysis) is 1. The van der Waals surface area contributed by atoms with Gasteiger partial charge < -0.3 is 30.7 Å². The smallest absolute Gasteiger partial charge is 0.408 e. The fourth-order valence-corrected chi connectivity index (χ4v) is 4.28. The Morgan fingerprint density at radius 3 is 2.17 bits per heavy atom. The Balaban J connectivity index is 3.61. The van der Waals surface area contributed by atoms with Gasteiger partial charge in [-0.05, 0) is 64.2 Å². The summed E-state index contributed by atoms with van der Waals surface area (Å²) < 4.78 is 10.0. The van der Waals surface area contributed by atoms with Crippen molar-refractivity contribution in [3.63, 3.8) is 0 Å². The van der Waals surface area contributed by atoms with E-state index in [0.717, 1.165) is 30.4 Å². The third-order valence-electron chi connectivity index (χ3n) is 6.21. The van der Waals surface area contributed by atoms with E-state index in [2.05, 4.69) is 22.3 Å². The first-order valence-electron chi connectivity index (χ1n) is 13.7. The topological polar surface area (TPSA) is 157 Å². The van der Waals surface area contributed by atoms with Crippen LogP contribution in [0.4, 0.5) is 4.79 Å². The summed E-state index contributed by atoms with van der Waals surface area (Å²) in [5, 5.41) is 5.17. The Bertz CT molecular complexity index is 1020. The first kappa shape index (κ1) is 34.4. The van der Waals surface area contributed by atoms with E-state index in [1.165, 1.54) is 12.0 Å². The van der Waals surface area contributed by atoms with Crippen LogP contribution in [0.2, 0.25) is 0 Å². The van der Waals surface area contributed by atoms with Gasteiger partial charge >= 0.3 is 12.1 Å². The molecule has 0 saturated heterocycles. The van der Waals surface area contributed by atoms with E-state index >= 15 is 0 Å². The quantitative estimate of drug-likeness (QED) is 0.219. The highest BCUT2D eigenvalue weighted by molar-refractivity contribution is 5.94. The third-order valence-corrected chi connectivity index (χ3v) is 6.21. The molecule has 4 N–H and O–H groups in total. The number of benzene rings is 1. The summed E-state index contributed by atoms with van der Waals surface area (Å²) in [5.41, 5.74) is 6.71. The second kappa shape index (κ2) is 16.5. The summed E-state index contributed by atoms with van der Waals surface area (Å²) >= 11 is 0. The lowest BCUT2D eigenvalue weighted by atomic mass is 9.93. The van der Waals surface area contributed by atoms with Crippen LogP contribution >= 0.6 is 0 Å². The number of carbonyl (C=O) groups is 5. The fourth-order valence-electron chi connectivity index (χ4n) is 4.28. The Labute approximate surface area is 237 Å². The number of rotatable bonds is 15. The number of methoxy groups -OCH3 is 1. The molecular formula is C29H46N4O7. The molecule has 224 valence electrons. The predicted molar refractivity (Wildman–Crippen MR) is 151 cm³/mol. The van der Waals surface area contributed by atoms with Gasteiger partial charge in [0.15, 0.2) is 0 Å². The molecule has 0 aromatic heterocycles. The number of amides is 4. The van der Waals surface area contributed by atoms with Gasteiger partial charge in [0.1, 0.15) is 24.2 Å². The van der Waals surface area contributed by atoms with Crippen molar-refractivity contribution in [1.82, 2.24) is 15.5 Å². The van der Waals surface area contributed by atoms with E-state index in [9.17, 15) is 24.0 Å².